The summed E-state index contributed by atoms with van der Waals surface area (Å²) in [5.74, 6) is -0.371. The predicted molar refractivity (Wildman–Crippen MR) is 97.1 cm³/mol. The number of fused-ring (bicyclic) bond motifs is 1. The number of esters is 1. The van der Waals surface area contributed by atoms with Gasteiger partial charge in [-0.1, -0.05) is 12.1 Å². The molecule has 0 fully saturated rings. The average molecular weight is 337 g/mol. The molecule has 1 N–H and O–H groups in total. The van der Waals surface area contributed by atoms with E-state index in [0.717, 1.165) is 27.8 Å². The van der Waals surface area contributed by atoms with E-state index in [-0.39, 0.29) is 11.6 Å². The fraction of sp³-hybridized carbons (Fsp3) is 0.200. The van der Waals surface area contributed by atoms with Crippen LogP contribution in [0.25, 0.3) is 11.0 Å². The summed E-state index contributed by atoms with van der Waals surface area (Å²) in [4.78, 5) is 23.3. The highest BCUT2D eigenvalue weighted by Crippen LogP contribution is 2.24. The van der Waals surface area contributed by atoms with Gasteiger partial charge >= 0.3 is 11.6 Å². The monoisotopic (exact) mass is 337 g/mol. The number of methoxy groups -OCH3 is 1. The molecule has 0 radical (unpaired) electrons. The Kier molecular flexibility index (Phi) is 4.57. The normalized spacial score (nSPS) is 10.7. The van der Waals surface area contributed by atoms with Gasteiger partial charge in [-0.05, 0) is 54.8 Å². The lowest BCUT2D eigenvalue weighted by atomic mass is 10.0. The Hall–Kier alpha value is -3.08. The van der Waals surface area contributed by atoms with Crippen molar-refractivity contribution < 1.29 is 13.9 Å². The van der Waals surface area contributed by atoms with E-state index in [1.165, 1.54) is 13.2 Å². The van der Waals surface area contributed by atoms with Gasteiger partial charge in [0.1, 0.15) is 5.58 Å². The van der Waals surface area contributed by atoms with Gasteiger partial charge in [0.25, 0.3) is 0 Å². The Bertz CT molecular complexity index is 987. The Morgan fingerprint density at radius 1 is 1.12 bits per heavy atom. The second-order valence-corrected chi connectivity index (χ2v) is 5.90. The van der Waals surface area contributed by atoms with Crippen molar-refractivity contribution >= 4 is 22.6 Å². The molecule has 0 amide bonds. The number of hydrogen-bond acceptors (Lipinski definition) is 5. The lowest BCUT2D eigenvalue weighted by Crippen LogP contribution is -2.07. The number of anilines is 1. The van der Waals surface area contributed by atoms with Gasteiger partial charge in [0.2, 0.25) is 0 Å². The van der Waals surface area contributed by atoms with Crippen LogP contribution in [-0.2, 0) is 11.3 Å². The second kappa shape index (κ2) is 6.81. The SMILES string of the molecule is COC(=O)c1ccc(NCc2cc(=O)oc3c(C)c(C)ccc23)cc1. The van der Waals surface area contributed by atoms with Gasteiger partial charge in [0.05, 0.1) is 12.7 Å². The zero-order valence-corrected chi connectivity index (χ0v) is 14.4. The van der Waals surface area contributed by atoms with E-state index < -0.39 is 0 Å². The Labute approximate surface area is 145 Å². The van der Waals surface area contributed by atoms with E-state index in [1.54, 1.807) is 24.3 Å². The molecule has 0 atom stereocenters. The summed E-state index contributed by atoms with van der Waals surface area (Å²) in [7, 11) is 1.35. The molecule has 25 heavy (non-hydrogen) atoms. The summed E-state index contributed by atoms with van der Waals surface area (Å²) >= 11 is 0. The van der Waals surface area contributed by atoms with Crippen LogP contribution < -0.4 is 10.9 Å². The number of aryl methyl sites for hydroxylation is 2. The smallest absolute Gasteiger partial charge is 0.337 e. The molecule has 3 aromatic rings. The zero-order chi connectivity index (χ0) is 18.0. The molecule has 3 rings (SSSR count). The Morgan fingerprint density at radius 3 is 2.52 bits per heavy atom. The summed E-state index contributed by atoms with van der Waals surface area (Å²) in [6.45, 7) is 4.41. The Morgan fingerprint density at radius 2 is 1.84 bits per heavy atom. The molecular formula is C20H19NO4. The fourth-order valence-corrected chi connectivity index (χ4v) is 2.71. The number of ether oxygens (including phenoxy) is 1. The highest BCUT2D eigenvalue weighted by atomic mass is 16.5. The summed E-state index contributed by atoms with van der Waals surface area (Å²) < 4.78 is 10.1. The van der Waals surface area contributed by atoms with Crippen LogP contribution in [0.4, 0.5) is 5.69 Å². The van der Waals surface area contributed by atoms with E-state index in [2.05, 4.69) is 10.1 Å². The summed E-state index contributed by atoms with van der Waals surface area (Å²) in [6.07, 6.45) is 0. The summed E-state index contributed by atoms with van der Waals surface area (Å²) in [6, 6.07) is 12.5. The van der Waals surface area contributed by atoms with Crippen LogP contribution in [0.3, 0.4) is 0 Å². The molecule has 5 heteroatoms. The van der Waals surface area contributed by atoms with Crippen LogP contribution in [-0.4, -0.2) is 13.1 Å². The molecular weight excluding hydrogens is 318 g/mol. The lowest BCUT2D eigenvalue weighted by molar-refractivity contribution is 0.0601. The molecule has 0 aliphatic rings. The molecule has 0 unspecified atom stereocenters. The van der Waals surface area contributed by atoms with Crippen LogP contribution in [0.2, 0.25) is 0 Å². The molecule has 0 saturated heterocycles. The van der Waals surface area contributed by atoms with Gasteiger partial charge in [-0.15, -0.1) is 0 Å². The van der Waals surface area contributed by atoms with Crippen LogP contribution in [0.5, 0.6) is 0 Å². The van der Waals surface area contributed by atoms with E-state index in [0.29, 0.717) is 17.7 Å². The molecule has 0 aliphatic carbocycles. The van der Waals surface area contributed by atoms with Crippen molar-refractivity contribution in [3.05, 3.63) is 75.1 Å². The van der Waals surface area contributed by atoms with Crippen molar-refractivity contribution in [1.29, 1.82) is 0 Å². The van der Waals surface area contributed by atoms with Crippen molar-refractivity contribution in [3.8, 4) is 0 Å². The molecule has 2 aromatic carbocycles. The number of hydrogen-bond donors (Lipinski definition) is 1. The van der Waals surface area contributed by atoms with E-state index in [9.17, 15) is 9.59 Å². The Balaban J connectivity index is 1.87. The van der Waals surface area contributed by atoms with Gasteiger partial charge in [-0.2, -0.15) is 0 Å². The number of benzene rings is 2. The molecule has 0 saturated carbocycles. The van der Waals surface area contributed by atoms with Crippen molar-refractivity contribution in [3.63, 3.8) is 0 Å². The van der Waals surface area contributed by atoms with Crippen molar-refractivity contribution in [2.45, 2.75) is 20.4 Å². The van der Waals surface area contributed by atoms with Gasteiger partial charge < -0.3 is 14.5 Å². The molecule has 0 aliphatic heterocycles. The van der Waals surface area contributed by atoms with Gasteiger partial charge in [0, 0.05) is 23.7 Å². The maximum Gasteiger partial charge on any atom is 0.337 e. The molecule has 1 heterocycles. The molecule has 128 valence electrons. The number of nitrogens with one attached hydrogen (secondary N) is 1. The van der Waals surface area contributed by atoms with Gasteiger partial charge in [-0.25, -0.2) is 9.59 Å². The number of carbonyl (C=O) groups is 1. The van der Waals surface area contributed by atoms with E-state index in [4.69, 9.17) is 4.42 Å². The van der Waals surface area contributed by atoms with Crippen LogP contribution in [0.15, 0.2) is 51.7 Å². The van der Waals surface area contributed by atoms with Crippen molar-refractivity contribution in [2.75, 3.05) is 12.4 Å². The third-order valence-corrected chi connectivity index (χ3v) is 4.31. The third-order valence-electron chi connectivity index (χ3n) is 4.31. The molecule has 0 spiro atoms. The summed E-state index contributed by atoms with van der Waals surface area (Å²) in [5.41, 5.74) is 4.52. The molecule has 5 nitrogen and oxygen atoms in total. The molecule has 1 aromatic heterocycles. The van der Waals surface area contributed by atoms with Crippen LogP contribution in [0.1, 0.15) is 27.0 Å². The standard InChI is InChI=1S/C20H19NO4/c1-12-4-9-17-15(10-18(22)25-19(17)13(12)2)11-21-16-7-5-14(6-8-16)20(23)24-3/h4-10,21H,11H2,1-3H3. The van der Waals surface area contributed by atoms with Crippen molar-refractivity contribution in [2.24, 2.45) is 0 Å². The zero-order valence-electron chi connectivity index (χ0n) is 14.4. The van der Waals surface area contributed by atoms with E-state index in [1.807, 2.05) is 26.0 Å². The topological polar surface area (TPSA) is 68.5 Å². The first-order chi connectivity index (χ1) is 12.0. The van der Waals surface area contributed by atoms with Crippen LogP contribution in [0, 0.1) is 13.8 Å². The molecule has 0 bridgehead atoms. The highest BCUT2D eigenvalue weighted by molar-refractivity contribution is 5.89. The van der Waals surface area contributed by atoms with Gasteiger partial charge in [-0.3, -0.25) is 0 Å². The number of carbonyl (C=O) groups excluding carboxylic acids is 1. The fourth-order valence-electron chi connectivity index (χ4n) is 2.71. The first-order valence-corrected chi connectivity index (χ1v) is 7.95. The quantitative estimate of drug-likeness (QED) is 0.579. The van der Waals surface area contributed by atoms with Gasteiger partial charge in [0.15, 0.2) is 0 Å². The summed E-state index contributed by atoms with van der Waals surface area (Å²) in [5, 5.41) is 4.18. The predicted octanol–water partition coefficient (Wildman–Crippen LogP) is 3.81. The minimum Gasteiger partial charge on any atom is -0.465 e. The maximum absolute atomic E-state index is 11.9. The van der Waals surface area contributed by atoms with Crippen LogP contribution >= 0.6 is 0 Å². The van der Waals surface area contributed by atoms with E-state index >= 15 is 0 Å². The highest BCUT2D eigenvalue weighted by Gasteiger charge is 2.10. The largest absolute Gasteiger partial charge is 0.465 e. The second-order valence-electron chi connectivity index (χ2n) is 5.90. The minimum absolute atomic E-state index is 0.362. The first-order valence-electron chi connectivity index (χ1n) is 7.95. The maximum atomic E-state index is 11.9. The first kappa shape index (κ1) is 16.8. The lowest BCUT2D eigenvalue weighted by Gasteiger charge is -2.11. The minimum atomic E-state index is -0.371. The van der Waals surface area contributed by atoms with Crippen molar-refractivity contribution in [1.82, 2.24) is 0 Å². The average Bonchev–Trinajstić information content (AvgIpc) is 2.63. The third kappa shape index (κ3) is 3.40. The number of rotatable bonds is 4.